The van der Waals surface area contributed by atoms with Crippen molar-refractivity contribution in [2.75, 3.05) is 0 Å². The molecule has 3 aromatic rings. The van der Waals surface area contributed by atoms with E-state index in [-0.39, 0.29) is 5.75 Å². The minimum atomic E-state index is -0.730. The largest absolute Gasteiger partial charge is 0.454 e. The van der Waals surface area contributed by atoms with E-state index < -0.39 is 11.6 Å². The van der Waals surface area contributed by atoms with E-state index >= 15 is 0 Å². The highest BCUT2D eigenvalue weighted by Gasteiger charge is 2.09. The Labute approximate surface area is 107 Å². The first-order valence-corrected chi connectivity index (χ1v) is 5.70. The Kier molecular flexibility index (Phi) is 2.67. The molecule has 0 saturated heterocycles. The number of aromatic amines is 1. The molecule has 0 atom stereocenters. The monoisotopic (exact) mass is 260 g/mol. The third-order valence-corrected chi connectivity index (χ3v) is 2.85. The fourth-order valence-electron chi connectivity index (χ4n) is 1.87. The molecule has 0 amide bonds. The normalized spacial score (nSPS) is 10.9. The lowest BCUT2D eigenvalue weighted by Gasteiger charge is -2.09. The average molecular weight is 260 g/mol. The minimum Gasteiger partial charge on any atom is -0.454 e. The Balaban J connectivity index is 2.02. The maximum Gasteiger partial charge on any atom is 0.168 e. The van der Waals surface area contributed by atoms with Crippen LogP contribution in [0, 0.1) is 18.6 Å². The molecule has 1 aromatic heterocycles. The van der Waals surface area contributed by atoms with Gasteiger partial charge in [0.1, 0.15) is 11.6 Å². The summed E-state index contributed by atoms with van der Waals surface area (Å²) in [5.41, 5.74) is 1.71. The molecule has 0 saturated carbocycles. The number of benzene rings is 2. The van der Waals surface area contributed by atoms with Crippen LogP contribution >= 0.6 is 0 Å². The molecule has 0 fully saturated rings. The highest BCUT2D eigenvalue weighted by atomic mass is 19.1. The molecule has 2 aromatic carbocycles. The summed E-state index contributed by atoms with van der Waals surface area (Å²) in [4.78, 5) is 0. The number of hydrogen-bond acceptors (Lipinski definition) is 2. The lowest BCUT2D eigenvalue weighted by atomic mass is 10.1. The van der Waals surface area contributed by atoms with Gasteiger partial charge in [-0.15, -0.1) is 0 Å². The van der Waals surface area contributed by atoms with Gasteiger partial charge in [-0.25, -0.2) is 8.78 Å². The molecule has 96 valence electrons. The van der Waals surface area contributed by atoms with Crippen LogP contribution in [-0.4, -0.2) is 10.2 Å². The van der Waals surface area contributed by atoms with Crippen LogP contribution in [-0.2, 0) is 0 Å². The minimum absolute atomic E-state index is 0.00709. The van der Waals surface area contributed by atoms with Crippen molar-refractivity contribution in [1.82, 2.24) is 10.2 Å². The molecular weight excluding hydrogens is 250 g/mol. The molecule has 0 aliphatic rings. The maximum atomic E-state index is 13.5. The van der Waals surface area contributed by atoms with E-state index in [1.165, 1.54) is 6.07 Å². The molecular formula is C14H10F2N2O. The van der Waals surface area contributed by atoms with Crippen LogP contribution < -0.4 is 4.74 Å². The first kappa shape index (κ1) is 11.6. The second-order valence-electron chi connectivity index (χ2n) is 4.25. The Bertz CT molecular complexity index is 752. The maximum absolute atomic E-state index is 13.5. The van der Waals surface area contributed by atoms with Gasteiger partial charge in [0.2, 0.25) is 0 Å². The standard InChI is InChI=1S/C14H10F2N2O/c1-8-4-12-9(7-17-18-12)5-14(8)19-13-3-2-10(15)6-11(13)16/h2-7H,1H3,(H,17,18). The van der Waals surface area contributed by atoms with E-state index in [0.717, 1.165) is 28.6 Å². The summed E-state index contributed by atoms with van der Waals surface area (Å²) in [5, 5.41) is 7.62. The van der Waals surface area contributed by atoms with Crippen molar-refractivity contribution in [3.8, 4) is 11.5 Å². The van der Waals surface area contributed by atoms with Crippen LogP contribution in [0.15, 0.2) is 36.5 Å². The number of hydrogen-bond donors (Lipinski definition) is 1. The zero-order valence-electron chi connectivity index (χ0n) is 10.1. The van der Waals surface area contributed by atoms with Crippen LogP contribution in [0.25, 0.3) is 10.9 Å². The van der Waals surface area contributed by atoms with E-state index in [1.807, 2.05) is 13.0 Å². The number of nitrogens with one attached hydrogen (secondary N) is 1. The Morgan fingerprint density at radius 2 is 1.95 bits per heavy atom. The van der Waals surface area contributed by atoms with E-state index in [9.17, 15) is 8.78 Å². The summed E-state index contributed by atoms with van der Waals surface area (Å²) in [6.45, 7) is 1.84. The van der Waals surface area contributed by atoms with Crippen molar-refractivity contribution in [3.05, 3.63) is 53.7 Å². The van der Waals surface area contributed by atoms with Gasteiger partial charge in [0.25, 0.3) is 0 Å². The predicted octanol–water partition coefficient (Wildman–Crippen LogP) is 3.94. The van der Waals surface area contributed by atoms with Crippen LogP contribution in [0.1, 0.15) is 5.56 Å². The smallest absolute Gasteiger partial charge is 0.168 e. The summed E-state index contributed by atoms with van der Waals surface area (Å²) >= 11 is 0. The van der Waals surface area contributed by atoms with Gasteiger partial charge in [0.15, 0.2) is 11.6 Å². The number of halogens is 2. The highest BCUT2D eigenvalue weighted by molar-refractivity contribution is 5.80. The van der Waals surface area contributed by atoms with E-state index in [1.54, 1.807) is 12.3 Å². The van der Waals surface area contributed by atoms with Gasteiger partial charge in [0.05, 0.1) is 11.7 Å². The topological polar surface area (TPSA) is 37.9 Å². The first-order valence-electron chi connectivity index (χ1n) is 5.70. The Morgan fingerprint density at radius 3 is 2.74 bits per heavy atom. The average Bonchev–Trinajstić information content (AvgIpc) is 2.80. The van der Waals surface area contributed by atoms with Crippen LogP contribution in [0.2, 0.25) is 0 Å². The SMILES string of the molecule is Cc1cc2[nH]ncc2cc1Oc1ccc(F)cc1F. The van der Waals surface area contributed by atoms with E-state index in [2.05, 4.69) is 10.2 Å². The number of rotatable bonds is 2. The number of nitrogens with zero attached hydrogens (tertiary/aromatic N) is 1. The van der Waals surface area contributed by atoms with Crippen molar-refractivity contribution in [1.29, 1.82) is 0 Å². The van der Waals surface area contributed by atoms with E-state index in [0.29, 0.717) is 5.75 Å². The molecule has 0 aliphatic carbocycles. The molecule has 0 aliphatic heterocycles. The molecule has 5 heteroatoms. The number of aromatic nitrogens is 2. The molecule has 3 rings (SSSR count). The van der Waals surface area contributed by atoms with Gasteiger partial charge in [-0.05, 0) is 36.8 Å². The van der Waals surface area contributed by atoms with E-state index in [4.69, 9.17) is 4.74 Å². The van der Waals surface area contributed by atoms with Gasteiger partial charge in [-0.1, -0.05) is 0 Å². The first-order chi connectivity index (χ1) is 9.13. The number of fused-ring (bicyclic) bond motifs is 1. The molecule has 19 heavy (non-hydrogen) atoms. The highest BCUT2D eigenvalue weighted by Crippen LogP contribution is 2.30. The Hall–Kier alpha value is -2.43. The molecule has 0 spiro atoms. The van der Waals surface area contributed by atoms with Crippen molar-refractivity contribution in [3.63, 3.8) is 0 Å². The zero-order valence-corrected chi connectivity index (χ0v) is 10.1. The van der Waals surface area contributed by atoms with Gasteiger partial charge in [0, 0.05) is 11.5 Å². The van der Waals surface area contributed by atoms with Crippen molar-refractivity contribution < 1.29 is 13.5 Å². The molecule has 1 heterocycles. The number of ether oxygens (including phenoxy) is 1. The predicted molar refractivity (Wildman–Crippen MR) is 67.3 cm³/mol. The molecule has 0 radical (unpaired) electrons. The third kappa shape index (κ3) is 2.14. The second-order valence-corrected chi connectivity index (χ2v) is 4.25. The summed E-state index contributed by atoms with van der Waals surface area (Å²) < 4.78 is 31.9. The van der Waals surface area contributed by atoms with Gasteiger partial charge >= 0.3 is 0 Å². The fraction of sp³-hybridized carbons (Fsp3) is 0.0714. The van der Waals surface area contributed by atoms with Gasteiger partial charge in [-0.2, -0.15) is 5.10 Å². The quantitative estimate of drug-likeness (QED) is 0.757. The zero-order chi connectivity index (χ0) is 13.4. The fourth-order valence-corrected chi connectivity index (χ4v) is 1.87. The lowest BCUT2D eigenvalue weighted by Crippen LogP contribution is -1.91. The Morgan fingerprint density at radius 1 is 1.11 bits per heavy atom. The van der Waals surface area contributed by atoms with Crippen LogP contribution in [0.4, 0.5) is 8.78 Å². The molecule has 3 nitrogen and oxygen atoms in total. The number of aryl methyl sites for hydroxylation is 1. The second kappa shape index (κ2) is 4.35. The summed E-state index contributed by atoms with van der Waals surface area (Å²) in [6, 6.07) is 6.84. The van der Waals surface area contributed by atoms with Crippen LogP contribution in [0.5, 0.6) is 11.5 Å². The van der Waals surface area contributed by atoms with Crippen molar-refractivity contribution >= 4 is 10.9 Å². The third-order valence-electron chi connectivity index (χ3n) is 2.85. The lowest BCUT2D eigenvalue weighted by molar-refractivity contribution is 0.436. The van der Waals surface area contributed by atoms with Crippen molar-refractivity contribution in [2.24, 2.45) is 0 Å². The molecule has 0 bridgehead atoms. The summed E-state index contributed by atoms with van der Waals surface area (Å²) in [7, 11) is 0. The number of H-pyrrole nitrogens is 1. The molecule has 1 N–H and O–H groups in total. The van der Waals surface area contributed by atoms with Gasteiger partial charge < -0.3 is 4.74 Å². The molecule has 0 unspecified atom stereocenters. The van der Waals surface area contributed by atoms with Gasteiger partial charge in [-0.3, -0.25) is 5.10 Å². The summed E-state index contributed by atoms with van der Waals surface area (Å²) in [5.74, 6) is -0.856. The van der Waals surface area contributed by atoms with Crippen molar-refractivity contribution in [2.45, 2.75) is 6.92 Å². The summed E-state index contributed by atoms with van der Waals surface area (Å²) in [6.07, 6.45) is 1.66. The van der Waals surface area contributed by atoms with Crippen LogP contribution in [0.3, 0.4) is 0 Å².